The van der Waals surface area contributed by atoms with Gasteiger partial charge in [0.2, 0.25) is 0 Å². The van der Waals surface area contributed by atoms with Crippen LogP contribution in [-0.4, -0.2) is 4.57 Å². The Kier molecular flexibility index (Phi) is 6.81. The Balaban J connectivity index is 1.15. The Labute approximate surface area is 329 Å². The van der Waals surface area contributed by atoms with E-state index >= 15 is 0 Å². The molecule has 12 rings (SSSR count). The molecule has 3 heteroatoms. The molecule has 0 unspecified atom stereocenters. The smallest absolute Gasteiger partial charge is 0.0735 e. The van der Waals surface area contributed by atoms with Crippen molar-refractivity contribution < 1.29 is 0 Å². The molecule has 1 aliphatic heterocycles. The third-order valence-corrected chi connectivity index (χ3v) is 13.2. The number of aromatic nitrogens is 1. The summed E-state index contributed by atoms with van der Waals surface area (Å²) >= 11 is 1.94. The van der Waals surface area contributed by atoms with Gasteiger partial charge in [-0.1, -0.05) is 151 Å². The fourth-order valence-electron chi connectivity index (χ4n) is 9.81. The van der Waals surface area contributed by atoms with E-state index in [-0.39, 0.29) is 0 Å². The minimum Gasteiger partial charge on any atom is -0.311 e. The van der Waals surface area contributed by atoms with Gasteiger partial charge in [0.25, 0.3) is 0 Å². The second-order valence-corrected chi connectivity index (χ2v) is 15.9. The van der Waals surface area contributed by atoms with Crippen molar-refractivity contribution in [2.24, 2.45) is 0 Å². The largest absolute Gasteiger partial charge is 0.311 e. The zero-order valence-electron chi connectivity index (χ0n) is 30.4. The summed E-state index contributed by atoms with van der Waals surface area (Å²) < 4.78 is 2.49. The predicted molar refractivity (Wildman–Crippen MR) is 234 cm³/mol. The van der Waals surface area contributed by atoms with Gasteiger partial charge in [-0.15, -0.1) is 0 Å². The number of benzene rings is 9. The fourth-order valence-corrected chi connectivity index (χ4v) is 11.1. The molecule has 1 aromatic heterocycles. The van der Waals surface area contributed by atoms with Gasteiger partial charge in [0, 0.05) is 43.3 Å². The van der Waals surface area contributed by atoms with E-state index in [0.29, 0.717) is 0 Å². The van der Waals surface area contributed by atoms with Gasteiger partial charge >= 0.3 is 0 Å². The normalized spacial score (nSPS) is 13.4. The molecule has 0 saturated carbocycles. The van der Waals surface area contributed by atoms with Crippen LogP contribution >= 0.6 is 11.8 Å². The van der Waals surface area contributed by atoms with E-state index in [4.69, 9.17) is 0 Å². The average Bonchev–Trinajstić information content (AvgIpc) is 3.77. The van der Waals surface area contributed by atoms with Crippen molar-refractivity contribution >= 4 is 61.4 Å². The topological polar surface area (TPSA) is 8.17 Å². The van der Waals surface area contributed by atoms with E-state index in [9.17, 15) is 0 Å². The lowest BCUT2D eigenvalue weighted by Gasteiger charge is -2.40. The minimum atomic E-state index is -0.433. The molecule has 2 aliphatic rings. The van der Waals surface area contributed by atoms with Crippen molar-refractivity contribution in [3.8, 4) is 16.8 Å². The quantitative estimate of drug-likeness (QED) is 0.178. The van der Waals surface area contributed by atoms with Gasteiger partial charge in [0.15, 0.2) is 0 Å². The molecule has 262 valence electrons. The molecule has 0 fully saturated rings. The van der Waals surface area contributed by atoms with Gasteiger partial charge in [-0.25, -0.2) is 0 Å². The van der Waals surface area contributed by atoms with Crippen LogP contribution in [0.1, 0.15) is 22.3 Å². The Hall–Kier alpha value is -6.81. The van der Waals surface area contributed by atoms with E-state index in [1.54, 1.807) is 0 Å². The van der Waals surface area contributed by atoms with Gasteiger partial charge in [-0.05, 0) is 111 Å². The number of hydrogen-bond donors (Lipinski definition) is 0. The minimum absolute atomic E-state index is 0.433. The molecule has 0 saturated heterocycles. The predicted octanol–water partition coefficient (Wildman–Crippen LogP) is 14.2. The summed E-state index contributed by atoms with van der Waals surface area (Å²) in [7, 11) is 0. The maximum Gasteiger partial charge on any atom is 0.0735 e. The molecule has 0 amide bonds. The molecule has 2 nitrogen and oxygen atoms in total. The third kappa shape index (κ3) is 4.29. The van der Waals surface area contributed by atoms with Crippen molar-refractivity contribution in [1.29, 1.82) is 0 Å². The number of para-hydroxylation sites is 2. The summed E-state index contributed by atoms with van der Waals surface area (Å²) in [5.41, 5.74) is 14.6. The first kappa shape index (κ1) is 31.5. The summed E-state index contributed by atoms with van der Waals surface area (Å²) in [6.07, 6.45) is 0. The molecule has 9 aromatic carbocycles. The number of hydrogen-bond acceptors (Lipinski definition) is 2. The zero-order valence-corrected chi connectivity index (χ0v) is 31.2. The van der Waals surface area contributed by atoms with Crippen molar-refractivity contribution in [2.45, 2.75) is 15.2 Å². The van der Waals surface area contributed by atoms with E-state index in [1.807, 2.05) is 11.8 Å². The lowest BCUT2D eigenvalue weighted by molar-refractivity contribution is 0.726. The van der Waals surface area contributed by atoms with Gasteiger partial charge < -0.3 is 9.47 Å². The van der Waals surface area contributed by atoms with Crippen LogP contribution in [0.25, 0.3) is 49.4 Å². The molecule has 0 atom stereocenters. The second-order valence-electron chi connectivity index (χ2n) is 14.8. The first-order valence-electron chi connectivity index (χ1n) is 19.3. The Morgan fingerprint density at radius 3 is 1.62 bits per heavy atom. The molecular weight excluding hydrogens is 697 g/mol. The maximum atomic E-state index is 2.49. The van der Waals surface area contributed by atoms with Crippen LogP contribution in [0.4, 0.5) is 17.1 Å². The van der Waals surface area contributed by atoms with Gasteiger partial charge in [0.05, 0.1) is 16.4 Å². The number of rotatable bonds is 4. The Bertz CT molecular complexity index is 3080. The monoisotopic (exact) mass is 730 g/mol. The highest BCUT2D eigenvalue weighted by Gasteiger charge is 2.50. The number of nitrogens with zero attached hydrogens (tertiary/aromatic N) is 2. The molecule has 0 N–H and O–H groups in total. The summed E-state index contributed by atoms with van der Waals surface area (Å²) in [5.74, 6) is 0. The highest BCUT2D eigenvalue weighted by atomic mass is 32.2. The van der Waals surface area contributed by atoms with Crippen LogP contribution in [0.2, 0.25) is 0 Å². The van der Waals surface area contributed by atoms with E-state index in [2.05, 4.69) is 216 Å². The van der Waals surface area contributed by atoms with Crippen molar-refractivity contribution in [3.05, 3.63) is 229 Å². The average molecular weight is 731 g/mol. The highest BCUT2D eigenvalue weighted by Crippen LogP contribution is 2.63. The Morgan fingerprint density at radius 2 is 0.929 bits per heavy atom. The molecule has 0 bridgehead atoms. The maximum absolute atomic E-state index is 2.49. The summed E-state index contributed by atoms with van der Waals surface area (Å²) in [4.78, 5) is 4.97. The van der Waals surface area contributed by atoms with Crippen LogP contribution in [-0.2, 0) is 5.41 Å². The van der Waals surface area contributed by atoms with E-state index < -0.39 is 5.41 Å². The first-order chi connectivity index (χ1) is 27.8. The number of fused-ring (bicyclic) bond motifs is 15. The van der Waals surface area contributed by atoms with E-state index in [1.165, 1.54) is 75.7 Å². The molecule has 2 heterocycles. The summed E-state index contributed by atoms with van der Waals surface area (Å²) in [6, 6.07) is 76.0. The molecule has 1 aliphatic carbocycles. The highest BCUT2D eigenvalue weighted by molar-refractivity contribution is 7.99. The summed E-state index contributed by atoms with van der Waals surface area (Å²) in [6.45, 7) is 0. The van der Waals surface area contributed by atoms with Crippen LogP contribution in [0.15, 0.2) is 216 Å². The van der Waals surface area contributed by atoms with Crippen LogP contribution < -0.4 is 4.90 Å². The summed E-state index contributed by atoms with van der Waals surface area (Å²) in [5, 5.41) is 5.14. The molecule has 1 spiro atoms. The van der Waals surface area contributed by atoms with Crippen molar-refractivity contribution in [3.63, 3.8) is 0 Å². The zero-order chi connectivity index (χ0) is 36.8. The Morgan fingerprint density at radius 1 is 0.393 bits per heavy atom. The van der Waals surface area contributed by atoms with E-state index in [0.717, 1.165) is 22.7 Å². The standard InChI is InChI=1S/C53H34N2S/c1-3-16-36(17-4-1)54(37-18-5-2-6-19-37)38-28-30-39(31-29-38)55-47-33-27-35-15-7-8-20-40(35)50(47)51-48(55)34-32-46-52(51)56-49-26-14-13-25-45(49)53(46)43-23-11-9-21-41(43)42-22-10-12-24-44(42)53/h1-34H. The SMILES string of the molecule is c1ccc(N(c2ccccc2)c2ccc(-n3c4ccc5c(c4c4c6ccccc6ccc43)Sc3ccccc3C53c4ccccc4-c4ccccc43)cc2)cc1. The second kappa shape index (κ2) is 12.1. The van der Waals surface area contributed by atoms with Crippen LogP contribution in [0, 0.1) is 0 Å². The first-order valence-corrected chi connectivity index (χ1v) is 20.1. The van der Waals surface area contributed by atoms with Crippen LogP contribution in [0.3, 0.4) is 0 Å². The van der Waals surface area contributed by atoms with Gasteiger partial charge in [-0.3, -0.25) is 0 Å². The van der Waals surface area contributed by atoms with Gasteiger partial charge in [0.1, 0.15) is 0 Å². The van der Waals surface area contributed by atoms with Crippen LogP contribution in [0.5, 0.6) is 0 Å². The lowest BCUT2D eigenvalue weighted by atomic mass is 9.67. The lowest BCUT2D eigenvalue weighted by Crippen LogP contribution is -2.32. The molecule has 56 heavy (non-hydrogen) atoms. The molecule has 0 radical (unpaired) electrons. The third-order valence-electron chi connectivity index (χ3n) is 12.0. The molecule has 10 aromatic rings. The van der Waals surface area contributed by atoms with Crippen molar-refractivity contribution in [2.75, 3.05) is 4.90 Å². The van der Waals surface area contributed by atoms with Gasteiger partial charge in [-0.2, -0.15) is 0 Å². The number of anilines is 3. The molecular formula is C53H34N2S. The van der Waals surface area contributed by atoms with Crippen molar-refractivity contribution in [1.82, 2.24) is 4.57 Å². The fraction of sp³-hybridized carbons (Fsp3) is 0.0189.